The number of nitrogens with one attached hydrogen (secondary N) is 1. The Kier molecular flexibility index (Phi) is 4.71. The Labute approximate surface area is 158 Å². The van der Waals surface area contributed by atoms with E-state index in [-0.39, 0.29) is 24.1 Å². The number of imide groups is 1. The van der Waals surface area contributed by atoms with Crippen LogP contribution in [-0.2, 0) is 22.7 Å². The monoisotopic (exact) mass is 365 g/mol. The maximum atomic E-state index is 12.9. The van der Waals surface area contributed by atoms with Crippen LogP contribution in [0.5, 0.6) is 0 Å². The van der Waals surface area contributed by atoms with Gasteiger partial charge in [-0.1, -0.05) is 12.1 Å². The number of piperidine rings is 2. The van der Waals surface area contributed by atoms with Crippen molar-refractivity contribution in [1.82, 2.24) is 15.1 Å². The van der Waals surface area contributed by atoms with E-state index in [1.165, 1.54) is 0 Å². The summed E-state index contributed by atoms with van der Waals surface area (Å²) in [5.41, 5.74) is 2.82. The first-order chi connectivity index (χ1) is 13.1. The molecule has 0 saturated carbocycles. The van der Waals surface area contributed by atoms with Crippen molar-refractivity contribution in [3.8, 4) is 12.3 Å². The molecule has 0 spiro atoms. The predicted octanol–water partition coefficient (Wildman–Crippen LogP) is 1.29. The first kappa shape index (κ1) is 17.7. The highest BCUT2D eigenvalue weighted by Crippen LogP contribution is 2.31. The van der Waals surface area contributed by atoms with Crippen LogP contribution in [0.25, 0.3) is 0 Å². The molecule has 0 aliphatic carbocycles. The van der Waals surface area contributed by atoms with E-state index in [9.17, 15) is 14.4 Å². The van der Waals surface area contributed by atoms with Crippen LogP contribution in [0, 0.1) is 18.3 Å². The van der Waals surface area contributed by atoms with Crippen LogP contribution in [0.2, 0.25) is 0 Å². The summed E-state index contributed by atoms with van der Waals surface area (Å²) in [7, 11) is 0. The lowest BCUT2D eigenvalue weighted by atomic mass is 9.96. The van der Waals surface area contributed by atoms with Gasteiger partial charge in [0.25, 0.3) is 5.91 Å². The van der Waals surface area contributed by atoms with Gasteiger partial charge < -0.3 is 4.90 Å². The van der Waals surface area contributed by atoms with Gasteiger partial charge in [-0.2, -0.15) is 0 Å². The number of benzene rings is 1. The number of likely N-dealkylation sites (tertiary alicyclic amines) is 1. The van der Waals surface area contributed by atoms with Crippen LogP contribution in [0.4, 0.5) is 0 Å². The minimum absolute atomic E-state index is 0.118. The summed E-state index contributed by atoms with van der Waals surface area (Å²) in [4.78, 5) is 40.5. The van der Waals surface area contributed by atoms with Crippen LogP contribution in [0.3, 0.4) is 0 Å². The third kappa shape index (κ3) is 3.35. The van der Waals surface area contributed by atoms with Gasteiger partial charge in [-0.05, 0) is 49.5 Å². The second-order valence-corrected chi connectivity index (χ2v) is 7.56. The number of hydrogen-bond acceptors (Lipinski definition) is 4. The van der Waals surface area contributed by atoms with Crippen molar-refractivity contribution in [2.24, 2.45) is 5.92 Å². The molecule has 140 valence electrons. The van der Waals surface area contributed by atoms with E-state index < -0.39 is 6.04 Å². The highest BCUT2D eigenvalue weighted by molar-refractivity contribution is 6.05. The molecule has 6 nitrogen and oxygen atoms in total. The van der Waals surface area contributed by atoms with E-state index in [1.54, 1.807) is 4.90 Å². The Balaban J connectivity index is 1.50. The zero-order valence-corrected chi connectivity index (χ0v) is 15.2. The number of hydrogen-bond donors (Lipinski definition) is 1. The molecule has 6 heteroatoms. The van der Waals surface area contributed by atoms with Crippen LogP contribution in [0.1, 0.15) is 47.2 Å². The van der Waals surface area contributed by atoms with Crippen molar-refractivity contribution in [2.45, 2.75) is 44.8 Å². The van der Waals surface area contributed by atoms with Gasteiger partial charge in [0.05, 0.1) is 0 Å². The van der Waals surface area contributed by atoms with E-state index in [2.05, 4.69) is 22.2 Å². The number of nitrogens with zero attached hydrogens (tertiary/aromatic N) is 2. The van der Waals surface area contributed by atoms with Gasteiger partial charge in [-0.3, -0.25) is 24.6 Å². The van der Waals surface area contributed by atoms with Crippen molar-refractivity contribution in [2.75, 3.05) is 13.1 Å². The average molecular weight is 365 g/mol. The van der Waals surface area contributed by atoms with Crippen molar-refractivity contribution < 1.29 is 14.4 Å². The molecule has 3 aliphatic rings. The molecule has 0 bridgehead atoms. The lowest BCUT2D eigenvalue weighted by Crippen LogP contribution is -2.52. The van der Waals surface area contributed by atoms with Crippen LogP contribution in [0.15, 0.2) is 18.2 Å². The first-order valence-corrected chi connectivity index (χ1v) is 9.50. The SMILES string of the molecule is C#CC1CCN(Cc2cccc3c2CN(C2CCC(=O)NC2=O)C3=O)CC1. The minimum Gasteiger partial charge on any atom is -0.322 e. The Bertz CT molecular complexity index is 834. The summed E-state index contributed by atoms with van der Waals surface area (Å²) in [5, 5.41) is 2.35. The van der Waals surface area contributed by atoms with Crippen molar-refractivity contribution in [3.63, 3.8) is 0 Å². The second-order valence-electron chi connectivity index (χ2n) is 7.56. The van der Waals surface area contributed by atoms with E-state index in [1.807, 2.05) is 12.1 Å². The Morgan fingerprint density at radius 3 is 2.63 bits per heavy atom. The maximum absolute atomic E-state index is 12.9. The molecule has 1 N–H and O–H groups in total. The zero-order chi connectivity index (χ0) is 19.0. The number of terminal acetylenes is 1. The summed E-state index contributed by atoms with van der Waals surface area (Å²) in [6.45, 7) is 3.14. The number of amides is 3. The third-order valence-electron chi connectivity index (χ3n) is 5.90. The number of carbonyl (C=O) groups is 3. The van der Waals surface area contributed by atoms with E-state index in [4.69, 9.17) is 6.42 Å². The summed E-state index contributed by atoms with van der Waals surface area (Å²) in [5.74, 6) is 2.46. The molecule has 0 radical (unpaired) electrons. The largest absolute Gasteiger partial charge is 0.322 e. The molecule has 4 rings (SSSR count). The van der Waals surface area contributed by atoms with Crippen LogP contribution in [-0.4, -0.2) is 46.7 Å². The van der Waals surface area contributed by atoms with Crippen molar-refractivity contribution in [1.29, 1.82) is 0 Å². The van der Waals surface area contributed by atoms with Crippen LogP contribution < -0.4 is 5.32 Å². The van der Waals surface area contributed by atoms with Gasteiger partial charge in [0, 0.05) is 31.0 Å². The summed E-state index contributed by atoms with van der Waals surface area (Å²) in [6.07, 6.45) is 8.20. The molecule has 3 heterocycles. The summed E-state index contributed by atoms with van der Waals surface area (Å²) < 4.78 is 0. The standard InChI is InChI=1S/C21H23N3O3/c1-2-14-8-10-23(11-9-14)12-15-4-3-5-16-17(15)13-24(21(16)27)18-6-7-19(25)22-20(18)26/h1,3-5,14,18H,6-13H2,(H,22,25,26). The number of carbonyl (C=O) groups excluding carboxylic acids is 3. The van der Waals surface area contributed by atoms with Crippen LogP contribution >= 0.6 is 0 Å². The normalized spacial score (nSPS) is 23.9. The number of rotatable bonds is 3. The highest BCUT2D eigenvalue weighted by atomic mass is 16.2. The molecule has 0 aromatic heterocycles. The van der Waals surface area contributed by atoms with Gasteiger partial charge in [-0.25, -0.2) is 0 Å². The van der Waals surface area contributed by atoms with Crippen molar-refractivity contribution in [3.05, 3.63) is 34.9 Å². The molecule has 1 aromatic rings. The lowest BCUT2D eigenvalue weighted by Gasteiger charge is -2.30. The van der Waals surface area contributed by atoms with E-state index in [0.29, 0.717) is 24.4 Å². The Hall–Kier alpha value is -2.65. The van der Waals surface area contributed by atoms with Gasteiger partial charge in [0.2, 0.25) is 11.8 Å². The maximum Gasteiger partial charge on any atom is 0.255 e. The highest BCUT2D eigenvalue weighted by Gasteiger charge is 2.39. The van der Waals surface area contributed by atoms with Gasteiger partial charge in [0.15, 0.2) is 0 Å². The molecule has 3 amide bonds. The fraction of sp³-hybridized carbons (Fsp3) is 0.476. The summed E-state index contributed by atoms with van der Waals surface area (Å²) >= 11 is 0. The zero-order valence-electron chi connectivity index (χ0n) is 15.2. The third-order valence-corrected chi connectivity index (χ3v) is 5.90. The molecule has 2 saturated heterocycles. The van der Waals surface area contributed by atoms with E-state index >= 15 is 0 Å². The fourth-order valence-corrected chi connectivity index (χ4v) is 4.30. The molecule has 2 fully saturated rings. The van der Waals surface area contributed by atoms with Gasteiger partial charge in [-0.15, -0.1) is 12.3 Å². The molecule has 1 aromatic carbocycles. The molecule has 1 unspecified atom stereocenters. The lowest BCUT2D eigenvalue weighted by molar-refractivity contribution is -0.136. The first-order valence-electron chi connectivity index (χ1n) is 9.50. The predicted molar refractivity (Wildman–Crippen MR) is 99.3 cm³/mol. The second kappa shape index (κ2) is 7.16. The Morgan fingerprint density at radius 1 is 1.15 bits per heavy atom. The Morgan fingerprint density at radius 2 is 1.93 bits per heavy atom. The molecule has 1 atom stereocenters. The fourth-order valence-electron chi connectivity index (χ4n) is 4.30. The number of fused-ring (bicyclic) bond motifs is 1. The molecular weight excluding hydrogens is 342 g/mol. The minimum atomic E-state index is -0.568. The van der Waals surface area contributed by atoms with Crippen molar-refractivity contribution >= 4 is 17.7 Å². The molecule has 27 heavy (non-hydrogen) atoms. The smallest absolute Gasteiger partial charge is 0.255 e. The topological polar surface area (TPSA) is 69.7 Å². The van der Waals surface area contributed by atoms with Gasteiger partial charge in [0.1, 0.15) is 6.04 Å². The van der Waals surface area contributed by atoms with Gasteiger partial charge >= 0.3 is 0 Å². The molecule has 3 aliphatic heterocycles. The quantitative estimate of drug-likeness (QED) is 0.647. The average Bonchev–Trinajstić information content (AvgIpc) is 3.00. The van der Waals surface area contributed by atoms with E-state index in [0.717, 1.165) is 43.6 Å². The molecular formula is C21H23N3O3. The summed E-state index contributed by atoms with van der Waals surface area (Å²) in [6, 6.07) is 5.24.